The third kappa shape index (κ3) is 3.74. The van der Waals surface area contributed by atoms with Gasteiger partial charge in [-0.3, -0.25) is 4.99 Å². The number of thioether (sulfide) groups is 1. The molecular weight excluding hydrogens is 287 g/mol. The maximum absolute atomic E-state index is 5.92. The van der Waals surface area contributed by atoms with Crippen molar-refractivity contribution in [1.29, 1.82) is 0 Å². The van der Waals surface area contributed by atoms with Gasteiger partial charge in [-0.1, -0.05) is 41.0 Å². The van der Waals surface area contributed by atoms with Gasteiger partial charge in [0.2, 0.25) is 0 Å². The van der Waals surface area contributed by atoms with Crippen molar-refractivity contribution in [2.75, 3.05) is 13.1 Å². The van der Waals surface area contributed by atoms with Crippen LogP contribution in [0.2, 0.25) is 10.0 Å². The van der Waals surface area contributed by atoms with Gasteiger partial charge in [0.1, 0.15) is 0 Å². The summed E-state index contributed by atoms with van der Waals surface area (Å²) in [5, 5.41) is 5.43. The summed E-state index contributed by atoms with van der Waals surface area (Å²) in [6.45, 7) is 1.83. The minimum Gasteiger partial charge on any atom is -1.00 e. The highest BCUT2D eigenvalue weighted by Gasteiger charge is 2.06. The first-order valence-corrected chi connectivity index (χ1v) is 6.35. The minimum atomic E-state index is 0. The zero-order chi connectivity index (χ0) is 10.7. The molecule has 2 rings (SSSR count). The fourth-order valence-electron chi connectivity index (χ4n) is 1.25. The predicted molar refractivity (Wildman–Crippen MR) is 68.1 cm³/mol. The number of nitrogens with zero attached hydrogens (tertiary/aromatic N) is 1. The van der Waals surface area contributed by atoms with E-state index >= 15 is 0 Å². The molecule has 0 atom stereocenters. The summed E-state index contributed by atoms with van der Waals surface area (Å²) in [5.41, 5.74) is 1.16. The molecule has 88 valence electrons. The molecule has 0 bridgehead atoms. The van der Waals surface area contributed by atoms with Crippen LogP contribution in [-0.4, -0.2) is 18.3 Å². The molecule has 0 saturated carbocycles. The first-order valence-electron chi connectivity index (χ1n) is 4.61. The van der Waals surface area contributed by atoms with Crippen molar-refractivity contribution in [2.45, 2.75) is 5.75 Å². The first-order chi connectivity index (χ1) is 7.25. The second-order valence-electron chi connectivity index (χ2n) is 3.15. The number of nitrogens with one attached hydrogen (secondary N) is 1. The fourth-order valence-corrected chi connectivity index (χ4v) is 2.44. The quantitative estimate of drug-likeness (QED) is 0.843. The van der Waals surface area contributed by atoms with E-state index in [4.69, 9.17) is 23.2 Å². The van der Waals surface area contributed by atoms with Crippen LogP contribution in [0.25, 0.3) is 0 Å². The van der Waals surface area contributed by atoms with Crippen LogP contribution >= 0.6 is 35.0 Å². The third-order valence-electron chi connectivity index (χ3n) is 2.00. The van der Waals surface area contributed by atoms with Gasteiger partial charge in [-0.2, -0.15) is 0 Å². The number of aliphatic imine (C=N–C) groups is 1. The Morgan fingerprint density at radius 2 is 2.12 bits per heavy atom. The van der Waals surface area contributed by atoms with Crippen molar-refractivity contribution in [3.05, 3.63) is 33.8 Å². The molecule has 0 spiro atoms. The highest BCUT2D eigenvalue weighted by atomic mass is 35.5. The molecule has 1 N–H and O–H groups in total. The van der Waals surface area contributed by atoms with Gasteiger partial charge in [-0.15, -0.1) is 0 Å². The van der Waals surface area contributed by atoms with E-state index in [1.54, 1.807) is 11.8 Å². The van der Waals surface area contributed by atoms with Crippen LogP contribution in [0.1, 0.15) is 5.56 Å². The molecule has 2 nitrogen and oxygen atoms in total. The molecule has 0 fully saturated rings. The smallest absolute Gasteiger partial charge is 0.157 e. The summed E-state index contributed by atoms with van der Waals surface area (Å²) < 4.78 is 0. The van der Waals surface area contributed by atoms with Crippen molar-refractivity contribution in [1.82, 2.24) is 5.32 Å². The van der Waals surface area contributed by atoms with Crippen molar-refractivity contribution >= 4 is 40.1 Å². The van der Waals surface area contributed by atoms with Crippen molar-refractivity contribution in [3.63, 3.8) is 0 Å². The molecule has 1 heterocycles. The molecule has 1 aromatic rings. The van der Waals surface area contributed by atoms with Crippen LogP contribution in [0.3, 0.4) is 0 Å². The number of hydrogen-bond acceptors (Lipinski definition) is 3. The Kier molecular flexibility index (Phi) is 5.76. The third-order valence-corrected chi connectivity index (χ3v) is 3.77. The van der Waals surface area contributed by atoms with Gasteiger partial charge in [0.05, 0.1) is 16.6 Å². The summed E-state index contributed by atoms with van der Waals surface area (Å²) in [5.74, 6) is 0.864. The van der Waals surface area contributed by atoms with E-state index in [9.17, 15) is 0 Å². The summed E-state index contributed by atoms with van der Waals surface area (Å²) in [6, 6.07) is 5.70. The molecular formula is C10H10Cl3N2S-. The van der Waals surface area contributed by atoms with E-state index in [1.165, 1.54) is 0 Å². The molecule has 1 aliphatic heterocycles. The van der Waals surface area contributed by atoms with Gasteiger partial charge in [-0.05, 0) is 17.7 Å². The fraction of sp³-hybridized carbons (Fsp3) is 0.300. The highest BCUT2D eigenvalue weighted by molar-refractivity contribution is 8.13. The molecule has 6 heteroatoms. The number of rotatable bonds is 2. The van der Waals surface area contributed by atoms with Gasteiger partial charge in [0.15, 0.2) is 5.17 Å². The van der Waals surface area contributed by atoms with E-state index in [2.05, 4.69) is 10.3 Å². The van der Waals surface area contributed by atoms with Crippen LogP contribution < -0.4 is 17.7 Å². The van der Waals surface area contributed by atoms with Gasteiger partial charge in [0.25, 0.3) is 0 Å². The molecule has 0 aromatic heterocycles. The predicted octanol–water partition coefficient (Wildman–Crippen LogP) is 0.190. The van der Waals surface area contributed by atoms with Crippen molar-refractivity contribution in [3.8, 4) is 0 Å². The minimum absolute atomic E-state index is 0. The summed E-state index contributed by atoms with van der Waals surface area (Å²) in [6.07, 6.45) is 0. The second-order valence-corrected chi connectivity index (χ2v) is 4.93. The lowest BCUT2D eigenvalue weighted by Gasteiger charge is -2.03. The highest BCUT2D eigenvalue weighted by Crippen LogP contribution is 2.24. The van der Waals surface area contributed by atoms with E-state index < -0.39 is 0 Å². The van der Waals surface area contributed by atoms with E-state index in [1.807, 2.05) is 18.2 Å². The van der Waals surface area contributed by atoms with E-state index in [0.29, 0.717) is 10.0 Å². The molecule has 0 radical (unpaired) electrons. The topological polar surface area (TPSA) is 24.4 Å². The maximum atomic E-state index is 5.92. The Balaban J connectivity index is 0.00000128. The van der Waals surface area contributed by atoms with Crippen LogP contribution in [0.4, 0.5) is 0 Å². The van der Waals surface area contributed by atoms with Gasteiger partial charge in [-0.25, -0.2) is 0 Å². The molecule has 0 unspecified atom stereocenters. The first kappa shape index (κ1) is 14.0. The molecule has 1 aromatic carbocycles. The monoisotopic (exact) mass is 295 g/mol. The SMILES string of the molecule is Clc1ccc(CSC2=NCCN2)cc1Cl.[Cl-]. The van der Waals surface area contributed by atoms with Crippen LogP contribution in [0.15, 0.2) is 23.2 Å². The Morgan fingerprint density at radius 3 is 2.75 bits per heavy atom. The van der Waals surface area contributed by atoms with Crippen LogP contribution in [0, 0.1) is 0 Å². The summed E-state index contributed by atoms with van der Waals surface area (Å²) in [4.78, 5) is 4.30. The average molecular weight is 297 g/mol. The van der Waals surface area contributed by atoms with Crippen LogP contribution in [-0.2, 0) is 5.75 Å². The zero-order valence-corrected chi connectivity index (χ0v) is 11.4. The molecule has 0 aliphatic carbocycles. The van der Waals surface area contributed by atoms with Crippen molar-refractivity contribution in [2.24, 2.45) is 4.99 Å². The summed E-state index contributed by atoms with van der Waals surface area (Å²) in [7, 11) is 0. The van der Waals surface area contributed by atoms with Gasteiger partial charge in [0, 0.05) is 12.3 Å². The number of amidine groups is 1. The second kappa shape index (κ2) is 6.60. The summed E-state index contributed by atoms with van der Waals surface area (Å²) >= 11 is 13.4. The molecule has 0 saturated heterocycles. The number of halogens is 3. The Hall–Kier alpha value is -0.0900. The Morgan fingerprint density at radius 1 is 1.31 bits per heavy atom. The standard InChI is InChI=1S/C10H10Cl2N2S.ClH/c11-8-2-1-7(5-9(8)12)6-15-10-13-3-4-14-10;/h1-2,5H,3-4,6H2,(H,13,14);1H/p-1. The van der Waals surface area contributed by atoms with Gasteiger partial charge >= 0.3 is 0 Å². The lowest BCUT2D eigenvalue weighted by Crippen LogP contribution is -3.00. The maximum Gasteiger partial charge on any atom is 0.157 e. The molecule has 0 amide bonds. The number of benzene rings is 1. The largest absolute Gasteiger partial charge is 1.00 e. The Labute approximate surface area is 115 Å². The van der Waals surface area contributed by atoms with E-state index in [0.717, 1.165) is 29.6 Å². The molecule has 16 heavy (non-hydrogen) atoms. The number of hydrogen-bond donors (Lipinski definition) is 1. The molecule has 1 aliphatic rings. The van der Waals surface area contributed by atoms with Gasteiger partial charge < -0.3 is 17.7 Å². The van der Waals surface area contributed by atoms with Crippen LogP contribution in [0.5, 0.6) is 0 Å². The Bertz CT molecular complexity index is 396. The normalized spacial score (nSPS) is 14.0. The lowest BCUT2D eigenvalue weighted by molar-refractivity contribution is -0.00000285. The van der Waals surface area contributed by atoms with Crippen molar-refractivity contribution < 1.29 is 12.4 Å². The zero-order valence-electron chi connectivity index (χ0n) is 8.34. The van der Waals surface area contributed by atoms with E-state index in [-0.39, 0.29) is 12.4 Å². The average Bonchev–Trinajstić information content (AvgIpc) is 2.73. The lowest BCUT2D eigenvalue weighted by atomic mass is 10.2.